The number of rotatable bonds is 11. The van der Waals surface area contributed by atoms with E-state index in [2.05, 4.69) is 34.2 Å². The number of anilines is 1. The predicted molar refractivity (Wildman–Crippen MR) is 133 cm³/mol. The number of carbonyl (C=O) groups is 1. The first-order valence-electron chi connectivity index (χ1n) is 13.0. The maximum Gasteiger partial charge on any atom is 0.222 e. The summed E-state index contributed by atoms with van der Waals surface area (Å²) in [6, 6.07) is 4.79. The molecule has 2 heterocycles. The lowest BCUT2D eigenvalue weighted by Crippen LogP contribution is -2.41. The highest BCUT2D eigenvalue weighted by Crippen LogP contribution is 2.28. The van der Waals surface area contributed by atoms with Crippen LogP contribution in [-0.2, 0) is 14.3 Å². The van der Waals surface area contributed by atoms with Gasteiger partial charge in [0.15, 0.2) is 11.4 Å². The molecule has 0 radical (unpaired) electrons. The smallest absolute Gasteiger partial charge is 0.222 e. The summed E-state index contributed by atoms with van der Waals surface area (Å²) in [5, 5.41) is 8.10. The number of fused-ring (bicyclic) bond motifs is 1. The first-order valence-corrected chi connectivity index (χ1v) is 13.0. The van der Waals surface area contributed by atoms with Crippen molar-refractivity contribution in [3.63, 3.8) is 0 Å². The van der Waals surface area contributed by atoms with Gasteiger partial charge in [-0.05, 0) is 76.7 Å². The number of nitrogens with zero attached hydrogens (tertiary/aromatic N) is 3. The first-order chi connectivity index (χ1) is 17.0. The van der Waals surface area contributed by atoms with Gasteiger partial charge >= 0.3 is 0 Å². The molecule has 2 fully saturated rings. The normalized spacial score (nSPS) is 23.0. The van der Waals surface area contributed by atoms with Gasteiger partial charge in [0, 0.05) is 25.7 Å². The number of hydrogen-bond donors (Lipinski definition) is 1. The minimum Gasteiger partial charge on any atom is -0.376 e. The van der Waals surface area contributed by atoms with Crippen LogP contribution in [0.1, 0.15) is 45.4 Å². The van der Waals surface area contributed by atoms with E-state index in [0.29, 0.717) is 43.6 Å². The third-order valence-electron chi connectivity index (χ3n) is 7.27. The molecule has 0 bridgehead atoms. The van der Waals surface area contributed by atoms with Gasteiger partial charge in [-0.15, -0.1) is 0 Å². The van der Waals surface area contributed by atoms with E-state index in [-0.39, 0.29) is 23.9 Å². The Balaban J connectivity index is 1.14. The van der Waals surface area contributed by atoms with Gasteiger partial charge in [-0.2, -0.15) is 0 Å². The summed E-state index contributed by atoms with van der Waals surface area (Å²) in [6.07, 6.45) is 5.83. The van der Waals surface area contributed by atoms with E-state index in [0.717, 1.165) is 63.7 Å². The number of benzene rings is 1. The Bertz CT molecular complexity index is 941. The Kier molecular flexibility index (Phi) is 9.34. The summed E-state index contributed by atoms with van der Waals surface area (Å²) in [4.78, 5) is 16.8. The quantitative estimate of drug-likeness (QED) is 0.516. The van der Waals surface area contributed by atoms with E-state index in [1.54, 1.807) is 6.07 Å². The molecule has 1 atom stereocenters. The molecule has 1 aromatic carbocycles. The Morgan fingerprint density at radius 3 is 2.74 bits per heavy atom. The lowest BCUT2D eigenvalue weighted by molar-refractivity contribution is -0.132. The number of aromatic nitrogens is 1. The molecule has 1 saturated carbocycles. The average Bonchev–Trinajstić information content (AvgIpc) is 3.27. The molecule has 4 rings (SSSR count). The highest BCUT2D eigenvalue weighted by molar-refractivity contribution is 5.88. The van der Waals surface area contributed by atoms with Crippen molar-refractivity contribution in [1.29, 1.82) is 0 Å². The molecule has 0 spiro atoms. The van der Waals surface area contributed by atoms with Crippen LogP contribution in [0, 0.1) is 11.7 Å². The van der Waals surface area contributed by atoms with Crippen molar-refractivity contribution in [2.45, 2.75) is 57.6 Å². The fourth-order valence-electron chi connectivity index (χ4n) is 5.09. The van der Waals surface area contributed by atoms with E-state index in [4.69, 9.17) is 14.0 Å². The molecule has 1 aliphatic carbocycles. The molecular weight excluding hydrogens is 451 g/mol. The molecular formula is C26H39FN4O4. The summed E-state index contributed by atoms with van der Waals surface area (Å²) in [7, 11) is 2.15. The topological polar surface area (TPSA) is 80.1 Å². The first kappa shape index (κ1) is 25.9. The Hall–Kier alpha value is -2.23. The molecule has 2 aliphatic rings. The van der Waals surface area contributed by atoms with Crippen LogP contribution in [0.15, 0.2) is 22.7 Å². The van der Waals surface area contributed by atoms with Gasteiger partial charge in [-0.1, -0.05) is 5.16 Å². The summed E-state index contributed by atoms with van der Waals surface area (Å²) in [6.45, 7) is 7.30. The summed E-state index contributed by atoms with van der Waals surface area (Å²) < 4.78 is 30.0. The largest absolute Gasteiger partial charge is 0.376 e. The zero-order valence-electron chi connectivity index (χ0n) is 21.0. The maximum absolute atomic E-state index is 13.7. The summed E-state index contributed by atoms with van der Waals surface area (Å²) in [5.41, 5.74) is 0.608. The standard InChI is InChI=1S/C26H39FN4O4/c1-3-31(26-23-16-20(27)6-9-24(23)35-29-26)13-12-30(2)11-10-19-4-7-21(8-5-19)28-25(32)17-22-18-33-14-15-34-22/h6,9,16,19,21-22H,3-5,7-8,10-15,17-18H2,1-2H3,(H,28,32). The number of carbonyl (C=O) groups excluding carboxylic acids is 1. The average molecular weight is 491 g/mol. The molecule has 1 aliphatic heterocycles. The van der Waals surface area contributed by atoms with Crippen molar-refractivity contribution >= 4 is 22.7 Å². The van der Waals surface area contributed by atoms with Crippen LogP contribution in [0.3, 0.4) is 0 Å². The minimum atomic E-state index is -0.280. The van der Waals surface area contributed by atoms with Gasteiger partial charge in [0.1, 0.15) is 5.82 Å². The third-order valence-corrected chi connectivity index (χ3v) is 7.27. The Labute approximate surface area is 207 Å². The van der Waals surface area contributed by atoms with Crippen molar-refractivity contribution in [1.82, 2.24) is 15.4 Å². The monoisotopic (exact) mass is 490 g/mol. The molecule has 1 amide bonds. The highest BCUT2D eigenvalue weighted by atomic mass is 19.1. The third kappa shape index (κ3) is 7.38. The number of likely N-dealkylation sites (N-methyl/N-ethyl adjacent to an activating group) is 2. The summed E-state index contributed by atoms with van der Waals surface area (Å²) >= 11 is 0. The van der Waals surface area contributed by atoms with Crippen LogP contribution in [0.5, 0.6) is 0 Å². The van der Waals surface area contributed by atoms with Crippen LogP contribution in [-0.4, -0.2) is 81.2 Å². The number of nitrogens with one attached hydrogen (secondary N) is 1. The van der Waals surface area contributed by atoms with E-state index in [9.17, 15) is 9.18 Å². The van der Waals surface area contributed by atoms with Crippen molar-refractivity contribution < 1.29 is 23.2 Å². The maximum atomic E-state index is 13.7. The van der Waals surface area contributed by atoms with Gasteiger partial charge in [-0.3, -0.25) is 4.79 Å². The van der Waals surface area contributed by atoms with Crippen LogP contribution < -0.4 is 10.2 Å². The Morgan fingerprint density at radius 2 is 2.00 bits per heavy atom. The second-order valence-corrected chi connectivity index (χ2v) is 9.88. The van der Waals surface area contributed by atoms with Crippen molar-refractivity contribution in [2.75, 3.05) is 57.9 Å². The molecule has 1 unspecified atom stereocenters. The molecule has 9 heteroatoms. The van der Waals surface area contributed by atoms with Gasteiger partial charge in [0.2, 0.25) is 5.91 Å². The van der Waals surface area contributed by atoms with Crippen molar-refractivity contribution in [3.8, 4) is 0 Å². The van der Waals surface area contributed by atoms with Gasteiger partial charge in [0.25, 0.3) is 0 Å². The lowest BCUT2D eigenvalue weighted by Gasteiger charge is -2.31. The highest BCUT2D eigenvalue weighted by Gasteiger charge is 2.25. The molecule has 35 heavy (non-hydrogen) atoms. The predicted octanol–water partition coefficient (Wildman–Crippen LogP) is 3.60. The SMILES string of the molecule is CCN(CCN(C)CCC1CCC(NC(=O)CC2COCCO2)CC1)c1noc2ccc(F)cc12. The number of ether oxygens (including phenoxy) is 2. The van der Waals surface area contributed by atoms with Gasteiger partial charge in [0.05, 0.1) is 37.7 Å². The summed E-state index contributed by atoms with van der Waals surface area (Å²) in [5.74, 6) is 1.20. The van der Waals surface area contributed by atoms with Crippen LogP contribution >= 0.6 is 0 Å². The van der Waals surface area contributed by atoms with Crippen molar-refractivity contribution in [3.05, 3.63) is 24.0 Å². The molecule has 194 valence electrons. The van der Waals surface area contributed by atoms with E-state index in [1.165, 1.54) is 12.1 Å². The van der Waals surface area contributed by atoms with Crippen LogP contribution in [0.2, 0.25) is 0 Å². The molecule has 1 saturated heterocycles. The fourth-order valence-corrected chi connectivity index (χ4v) is 5.09. The zero-order valence-corrected chi connectivity index (χ0v) is 21.0. The molecule has 1 aromatic heterocycles. The lowest BCUT2D eigenvalue weighted by atomic mass is 9.84. The molecule has 2 aromatic rings. The second-order valence-electron chi connectivity index (χ2n) is 9.88. The molecule has 8 nitrogen and oxygen atoms in total. The fraction of sp³-hybridized carbons (Fsp3) is 0.692. The van der Waals surface area contributed by atoms with Gasteiger partial charge in [-0.25, -0.2) is 4.39 Å². The minimum absolute atomic E-state index is 0.0757. The number of amides is 1. The zero-order chi connectivity index (χ0) is 24.6. The number of halogens is 1. The Morgan fingerprint density at radius 1 is 1.17 bits per heavy atom. The van der Waals surface area contributed by atoms with Gasteiger partial charge < -0.3 is 29.1 Å². The van der Waals surface area contributed by atoms with E-state index >= 15 is 0 Å². The van der Waals surface area contributed by atoms with E-state index in [1.807, 2.05) is 0 Å². The second kappa shape index (κ2) is 12.6. The molecule has 1 N–H and O–H groups in total. The number of hydrogen-bond acceptors (Lipinski definition) is 7. The van der Waals surface area contributed by atoms with Crippen LogP contribution in [0.25, 0.3) is 11.0 Å². The van der Waals surface area contributed by atoms with E-state index < -0.39 is 0 Å². The van der Waals surface area contributed by atoms with Crippen LogP contribution in [0.4, 0.5) is 10.2 Å². The van der Waals surface area contributed by atoms with Crippen molar-refractivity contribution in [2.24, 2.45) is 5.92 Å².